The fourth-order valence-corrected chi connectivity index (χ4v) is 1.04. The van der Waals surface area contributed by atoms with Crippen molar-refractivity contribution in [1.82, 2.24) is 19.9 Å². The zero-order chi connectivity index (χ0) is 9.97. The van der Waals surface area contributed by atoms with E-state index in [2.05, 4.69) is 19.9 Å². The molecule has 0 spiro atoms. The standard InChI is InChI=1S/C8H8N6/c9-7-5(3-13-8(10)14-7)6-4-11-1-2-12-6/h1-4H,(H4,9,10,13,14). The molecule has 0 aliphatic carbocycles. The van der Waals surface area contributed by atoms with Gasteiger partial charge in [-0.2, -0.15) is 4.98 Å². The first-order chi connectivity index (χ1) is 6.77. The van der Waals surface area contributed by atoms with E-state index < -0.39 is 0 Å². The number of hydrogen-bond donors (Lipinski definition) is 2. The zero-order valence-electron chi connectivity index (χ0n) is 7.25. The van der Waals surface area contributed by atoms with Crippen LogP contribution in [0.25, 0.3) is 11.3 Å². The number of hydrogen-bond acceptors (Lipinski definition) is 6. The first-order valence-electron chi connectivity index (χ1n) is 3.92. The number of rotatable bonds is 1. The van der Waals surface area contributed by atoms with Crippen molar-refractivity contribution in [1.29, 1.82) is 0 Å². The third-order valence-corrected chi connectivity index (χ3v) is 1.68. The Morgan fingerprint density at radius 2 is 1.86 bits per heavy atom. The predicted octanol–water partition coefficient (Wildman–Crippen LogP) is 0.0980. The molecule has 2 rings (SSSR count). The van der Waals surface area contributed by atoms with Crippen LogP contribution in [0.1, 0.15) is 0 Å². The molecular formula is C8H8N6. The van der Waals surface area contributed by atoms with Crippen molar-refractivity contribution in [2.75, 3.05) is 11.5 Å². The second kappa shape index (κ2) is 3.25. The number of anilines is 2. The van der Waals surface area contributed by atoms with E-state index in [4.69, 9.17) is 11.5 Å². The van der Waals surface area contributed by atoms with Crippen LogP contribution in [0.15, 0.2) is 24.8 Å². The molecule has 4 N–H and O–H groups in total. The van der Waals surface area contributed by atoms with Gasteiger partial charge in [0, 0.05) is 18.6 Å². The fourth-order valence-electron chi connectivity index (χ4n) is 1.04. The normalized spacial score (nSPS) is 10.0. The van der Waals surface area contributed by atoms with Gasteiger partial charge in [-0.15, -0.1) is 0 Å². The lowest BCUT2D eigenvalue weighted by Gasteiger charge is -2.02. The lowest BCUT2D eigenvalue weighted by Crippen LogP contribution is -2.01. The van der Waals surface area contributed by atoms with Gasteiger partial charge >= 0.3 is 0 Å². The minimum absolute atomic E-state index is 0.148. The summed E-state index contributed by atoms with van der Waals surface area (Å²) in [7, 11) is 0. The maximum atomic E-state index is 5.65. The van der Waals surface area contributed by atoms with Crippen LogP contribution in [-0.4, -0.2) is 19.9 Å². The Kier molecular flexibility index (Phi) is 1.94. The fraction of sp³-hybridized carbons (Fsp3) is 0. The number of nitrogens with zero attached hydrogens (tertiary/aromatic N) is 4. The molecule has 0 amide bonds. The summed E-state index contributed by atoms with van der Waals surface area (Å²) in [4.78, 5) is 15.7. The molecule has 0 saturated carbocycles. The Hall–Kier alpha value is -2.24. The van der Waals surface area contributed by atoms with Gasteiger partial charge in [0.05, 0.1) is 17.5 Å². The molecule has 0 aromatic carbocycles. The first kappa shape index (κ1) is 8.36. The third kappa shape index (κ3) is 1.45. The molecular weight excluding hydrogens is 180 g/mol. The molecule has 2 aromatic rings. The first-order valence-corrected chi connectivity index (χ1v) is 3.92. The number of nitrogen functional groups attached to an aromatic ring is 2. The molecule has 0 aliphatic heterocycles. The van der Waals surface area contributed by atoms with Crippen molar-refractivity contribution in [3.05, 3.63) is 24.8 Å². The highest BCUT2D eigenvalue weighted by Gasteiger charge is 2.05. The van der Waals surface area contributed by atoms with E-state index in [-0.39, 0.29) is 5.95 Å². The SMILES string of the molecule is Nc1ncc(-c2cnccn2)c(N)n1. The Bertz CT molecular complexity index is 441. The van der Waals surface area contributed by atoms with Gasteiger partial charge in [0.2, 0.25) is 5.95 Å². The molecule has 0 fully saturated rings. The summed E-state index contributed by atoms with van der Waals surface area (Å²) in [5.41, 5.74) is 12.3. The van der Waals surface area contributed by atoms with Gasteiger partial charge in [-0.1, -0.05) is 0 Å². The molecule has 0 radical (unpaired) electrons. The number of nitrogens with two attached hydrogens (primary N) is 2. The highest BCUT2D eigenvalue weighted by Crippen LogP contribution is 2.20. The molecule has 0 bridgehead atoms. The monoisotopic (exact) mass is 188 g/mol. The van der Waals surface area contributed by atoms with Crippen LogP contribution in [0.3, 0.4) is 0 Å². The van der Waals surface area contributed by atoms with Crippen LogP contribution >= 0.6 is 0 Å². The molecule has 0 aliphatic rings. The van der Waals surface area contributed by atoms with Crippen molar-refractivity contribution in [2.45, 2.75) is 0 Å². The maximum absolute atomic E-state index is 5.65. The predicted molar refractivity (Wildman–Crippen MR) is 51.9 cm³/mol. The highest BCUT2D eigenvalue weighted by atomic mass is 15.0. The van der Waals surface area contributed by atoms with Gasteiger partial charge in [-0.25, -0.2) is 4.98 Å². The van der Waals surface area contributed by atoms with E-state index in [1.54, 1.807) is 18.6 Å². The van der Waals surface area contributed by atoms with Crippen molar-refractivity contribution in [2.24, 2.45) is 0 Å². The smallest absolute Gasteiger partial charge is 0.221 e. The van der Waals surface area contributed by atoms with Crippen LogP contribution in [0.4, 0.5) is 11.8 Å². The Balaban J connectivity index is 2.53. The molecule has 2 heterocycles. The topological polar surface area (TPSA) is 104 Å². The van der Waals surface area contributed by atoms with E-state index >= 15 is 0 Å². The molecule has 70 valence electrons. The van der Waals surface area contributed by atoms with Gasteiger partial charge in [-0.3, -0.25) is 9.97 Å². The molecule has 0 atom stereocenters. The van der Waals surface area contributed by atoms with Crippen LogP contribution < -0.4 is 11.5 Å². The van der Waals surface area contributed by atoms with E-state index in [0.29, 0.717) is 17.1 Å². The van der Waals surface area contributed by atoms with Crippen LogP contribution in [0.5, 0.6) is 0 Å². The number of aromatic nitrogens is 4. The van der Waals surface area contributed by atoms with Gasteiger partial charge in [0.1, 0.15) is 5.82 Å². The summed E-state index contributed by atoms with van der Waals surface area (Å²) in [6.07, 6.45) is 6.27. The van der Waals surface area contributed by atoms with Crippen LogP contribution in [-0.2, 0) is 0 Å². The minimum Gasteiger partial charge on any atom is -0.383 e. The van der Waals surface area contributed by atoms with Crippen molar-refractivity contribution in [3.63, 3.8) is 0 Å². The van der Waals surface area contributed by atoms with Gasteiger partial charge < -0.3 is 11.5 Å². The van der Waals surface area contributed by atoms with E-state index in [1.165, 1.54) is 6.20 Å². The summed E-state index contributed by atoms with van der Waals surface area (Å²) >= 11 is 0. The van der Waals surface area contributed by atoms with Gasteiger partial charge in [-0.05, 0) is 0 Å². The lowest BCUT2D eigenvalue weighted by atomic mass is 10.2. The quantitative estimate of drug-likeness (QED) is 0.657. The Labute approximate surface area is 80.0 Å². The van der Waals surface area contributed by atoms with Crippen molar-refractivity contribution < 1.29 is 0 Å². The van der Waals surface area contributed by atoms with Crippen LogP contribution in [0.2, 0.25) is 0 Å². The summed E-state index contributed by atoms with van der Waals surface area (Å²) < 4.78 is 0. The van der Waals surface area contributed by atoms with Crippen LogP contribution in [0, 0.1) is 0 Å². The zero-order valence-corrected chi connectivity index (χ0v) is 7.25. The summed E-state index contributed by atoms with van der Waals surface area (Å²) in [5, 5.41) is 0. The second-order valence-electron chi connectivity index (χ2n) is 2.62. The van der Waals surface area contributed by atoms with Crippen molar-refractivity contribution in [3.8, 4) is 11.3 Å². The van der Waals surface area contributed by atoms with E-state index in [9.17, 15) is 0 Å². The molecule has 6 heteroatoms. The van der Waals surface area contributed by atoms with E-state index in [0.717, 1.165) is 0 Å². The maximum Gasteiger partial charge on any atom is 0.221 e. The summed E-state index contributed by atoms with van der Waals surface area (Å²) in [6.45, 7) is 0. The third-order valence-electron chi connectivity index (χ3n) is 1.68. The second-order valence-corrected chi connectivity index (χ2v) is 2.62. The lowest BCUT2D eigenvalue weighted by molar-refractivity contribution is 1.16. The average molecular weight is 188 g/mol. The molecule has 0 saturated heterocycles. The summed E-state index contributed by atoms with van der Waals surface area (Å²) in [6, 6.07) is 0. The molecule has 14 heavy (non-hydrogen) atoms. The highest BCUT2D eigenvalue weighted by molar-refractivity contribution is 5.69. The summed E-state index contributed by atoms with van der Waals surface area (Å²) in [5.74, 6) is 0.452. The molecule has 2 aromatic heterocycles. The molecule has 6 nitrogen and oxygen atoms in total. The minimum atomic E-state index is 0.148. The van der Waals surface area contributed by atoms with E-state index in [1.807, 2.05) is 0 Å². The van der Waals surface area contributed by atoms with Gasteiger partial charge in [0.15, 0.2) is 0 Å². The van der Waals surface area contributed by atoms with Crippen molar-refractivity contribution >= 4 is 11.8 Å². The molecule has 0 unspecified atom stereocenters. The van der Waals surface area contributed by atoms with Gasteiger partial charge in [0.25, 0.3) is 0 Å². The Morgan fingerprint density at radius 3 is 2.50 bits per heavy atom. The average Bonchev–Trinajstić information content (AvgIpc) is 2.19. The Morgan fingerprint density at radius 1 is 1.00 bits per heavy atom. The largest absolute Gasteiger partial charge is 0.383 e.